The summed E-state index contributed by atoms with van der Waals surface area (Å²) in [6, 6.07) is 21.5. The number of pyridine rings is 1. The number of aromatic amines is 2. The maximum Gasteiger partial charge on any atom is 0.189 e. The summed E-state index contributed by atoms with van der Waals surface area (Å²) < 4.78 is 0. The van der Waals surface area contributed by atoms with E-state index in [2.05, 4.69) is 68.1 Å². The molecule has 6 heteroatoms. The molecule has 180 valence electrons. The highest BCUT2D eigenvalue weighted by Crippen LogP contribution is 2.30. The zero-order valence-corrected chi connectivity index (χ0v) is 20.1. The molecule has 3 aromatic carbocycles. The minimum atomic E-state index is 0.0754. The van der Waals surface area contributed by atoms with Crippen molar-refractivity contribution < 1.29 is 0 Å². The van der Waals surface area contributed by atoms with E-state index in [0.29, 0.717) is 6.04 Å². The first-order valence-electron chi connectivity index (χ1n) is 12.9. The first kappa shape index (κ1) is 21.5. The van der Waals surface area contributed by atoms with Crippen molar-refractivity contribution in [3.05, 3.63) is 88.6 Å². The lowest BCUT2D eigenvalue weighted by molar-refractivity contribution is 0.613. The predicted octanol–water partition coefficient (Wildman–Crippen LogP) is 5.59. The molecule has 7 rings (SSSR count). The number of benzene rings is 3. The van der Waals surface area contributed by atoms with E-state index in [1.165, 1.54) is 17.2 Å². The Bertz CT molecular complexity index is 1640. The maximum atomic E-state index is 13.0. The van der Waals surface area contributed by atoms with E-state index in [9.17, 15) is 4.79 Å². The Morgan fingerprint density at radius 1 is 0.722 bits per heavy atom. The number of nitrogens with zero attached hydrogens (tertiary/aromatic N) is 1. The van der Waals surface area contributed by atoms with E-state index in [-0.39, 0.29) is 11.5 Å². The number of imidazole rings is 1. The van der Waals surface area contributed by atoms with Crippen LogP contribution in [0.25, 0.3) is 44.1 Å². The number of fused-ring (bicyclic) bond motifs is 2. The van der Waals surface area contributed by atoms with E-state index in [0.717, 1.165) is 77.2 Å². The molecule has 0 radical (unpaired) electrons. The molecule has 0 spiro atoms. The topological polar surface area (TPSA) is 85.6 Å². The van der Waals surface area contributed by atoms with Crippen LogP contribution in [0.2, 0.25) is 0 Å². The smallest absolute Gasteiger partial charge is 0.189 e. The summed E-state index contributed by atoms with van der Waals surface area (Å²) in [5.74, 6) is 1.02. The highest BCUT2D eigenvalue weighted by Gasteiger charge is 2.20. The van der Waals surface area contributed by atoms with Gasteiger partial charge in [-0.15, -0.1) is 0 Å². The van der Waals surface area contributed by atoms with Crippen molar-refractivity contribution >= 4 is 21.7 Å². The maximum absolute atomic E-state index is 13.0. The summed E-state index contributed by atoms with van der Waals surface area (Å²) >= 11 is 0. The van der Waals surface area contributed by atoms with Crippen LogP contribution in [0.1, 0.15) is 49.3 Å². The van der Waals surface area contributed by atoms with E-state index in [4.69, 9.17) is 0 Å². The van der Waals surface area contributed by atoms with Crippen LogP contribution >= 0.6 is 0 Å². The van der Waals surface area contributed by atoms with Crippen LogP contribution in [0, 0.1) is 0 Å². The van der Waals surface area contributed by atoms with E-state index < -0.39 is 0 Å². The SMILES string of the molecule is O=c1cc(C2CCCN2)[nH]c2ccc(-c3ccc4cc(-c5cnc(C6CCCN6)[nH]5)ccc4c3)cc12. The second-order valence-electron chi connectivity index (χ2n) is 10.1. The van der Waals surface area contributed by atoms with Crippen LogP contribution in [0.3, 0.4) is 0 Å². The molecule has 2 unspecified atom stereocenters. The third-order valence-corrected chi connectivity index (χ3v) is 7.76. The van der Waals surface area contributed by atoms with Gasteiger partial charge in [0.1, 0.15) is 5.82 Å². The van der Waals surface area contributed by atoms with Gasteiger partial charge in [-0.25, -0.2) is 4.98 Å². The Balaban J connectivity index is 1.20. The van der Waals surface area contributed by atoms with Crippen LogP contribution in [-0.2, 0) is 0 Å². The molecular weight excluding hydrogens is 446 g/mol. The summed E-state index contributed by atoms with van der Waals surface area (Å²) in [6.45, 7) is 2.07. The monoisotopic (exact) mass is 475 g/mol. The molecule has 2 fully saturated rings. The molecule has 6 nitrogen and oxygen atoms in total. The van der Waals surface area contributed by atoms with Gasteiger partial charge in [-0.1, -0.05) is 30.3 Å². The number of rotatable bonds is 4. The molecule has 4 N–H and O–H groups in total. The van der Waals surface area contributed by atoms with Gasteiger partial charge in [0.15, 0.2) is 5.43 Å². The van der Waals surface area contributed by atoms with Crippen molar-refractivity contribution in [2.24, 2.45) is 0 Å². The fourth-order valence-corrected chi connectivity index (χ4v) is 5.76. The van der Waals surface area contributed by atoms with Crippen LogP contribution in [-0.4, -0.2) is 28.0 Å². The Morgan fingerprint density at radius 3 is 2.19 bits per heavy atom. The predicted molar refractivity (Wildman–Crippen MR) is 145 cm³/mol. The van der Waals surface area contributed by atoms with E-state index in [1.807, 2.05) is 18.3 Å². The molecule has 2 atom stereocenters. The normalized spacial score (nSPS) is 20.0. The van der Waals surface area contributed by atoms with Crippen molar-refractivity contribution in [1.29, 1.82) is 0 Å². The summed E-state index contributed by atoms with van der Waals surface area (Å²) in [4.78, 5) is 24.6. The fourth-order valence-electron chi connectivity index (χ4n) is 5.76. The molecule has 5 aromatic rings. The van der Waals surface area contributed by atoms with Crippen LogP contribution in [0.5, 0.6) is 0 Å². The van der Waals surface area contributed by atoms with Gasteiger partial charge in [-0.05, 0) is 84.9 Å². The molecule has 2 aliphatic heterocycles. The standard InChI is InChI=1S/C30H29N5O/c36-29-16-27(25-3-1-11-31-25)34-24-10-9-21(15-23(24)29)19-5-6-20-14-22(8-7-18(20)13-19)28-17-33-30(35-28)26-4-2-12-32-26/h5-10,13-17,25-26,31-32H,1-4,11-12H2,(H,33,35)(H,34,36). The van der Waals surface area contributed by atoms with Crippen LogP contribution < -0.4 is 16.1 Å². The van der Waals surface area contributed by atoms with E-state index in [1.54, 1.807) is 6.07 Å². The van der Waals surface area contributed by atoms with E-state index >= 15 is 0 Å². The van der Waals surface area contributed by atoms with Crippen LogP contribution in [0.4, 0.5) is 0 Å². The molecule has 4 heterocycles. The summed E-state index contributed by atoms with van der Waals surface area (Å²) in [5, 5.41) is 10.1. The molecule has 0 aliphatic carbocycles. The van der Waals surface area contributed by atoms with Gasteiger partial charge in [0.05, 0.1) is 17.9 Å². The summed E-state index contributed by atoms with van der Waals surface area (Å²) in [6.07, 6.45) is 6.48. The molecule has 2 aromatic heterocycles. The minimum Gasteiger partial charge on any atom is -0.357 e. The Morgan fingerprint density at radius 2 is 1.42 bits per heavy atom. The fraction of sp³-hybridized carbons (Fsp3) is 0.267. The Labute approximate surface area is 209 Å². The molecule has 2 aliphatic rings. The largest absolute Gasteiger partial charge is 0.357 e. The Kier molecular flexibility index (Phi) is 5.22. The lowest BCUT2D eigenvalue weighted by atomic mass is 9.98. The zero-order chi connectivity index (χ0) is 24.1. The Hall–Kier alpha value is -3.74. The van der Waals surface area contributed by atoms with Crippen molar-refractivity contribution in [1.82, 2.24) is 25.6 Å². The molecule has 0 saturated carbocycles. The van der Waals surface area contributed by atoms with Gasteiger partial charge in [0.25, 0.3) is 0 Å². The van der Waals surface area contributed by atoms with Gasteiger partial charge >= 0.3 is 0 Å². The number of H-pyrrole nitrogens is 2. The quantitative estimate of drug-likeness (QED) is 0.273. The van der Waals surface area contributed by atoms with Crippen LogP contribution in [0.15, 0.2) is 71.7 Å². The van der Waals surface area contributed by atoms with Crippen molar-refractivity contribution in [2.75, 3.05) is 13.1 Å². The average Bonchev–Trinajstić information content (AvgIpc) is 3.70. The summed E-state index contributed by atoms with van der Waals surface area (Å²) in [7, 11) is 0. The van der Waals surface area contributed by atoms with Gasteiger partial charge in [0, 0.05) is 34.3 Å². The van der Waals surface area contributed by atoms with Crippen molar-refractivity contribution in [2.45, 2.75) is 37.8 Å². The average molecular weight is 476 g/mol. The van der Waals surface area contributed by atoms with Gasteiger partial charge < -0.3 is 20.6 Å². The van der Waals surface area contributed by atoms with Gasteiger partial charge in [0.2, 0.25) is 0 Å². The minimum absolute atomic E-state index is 0.0754. The number of aromatic nitrogens is 3. The highest BCUT2D eigenvalue weighted by atomic mass is 16.1. The zero-order valence-electron chi connectivity index (χ0n) is 20.1. The van der Waals surface area contributed by atoms with Gasteiger partial charge in [-0.3, -0.25) is 4.79 Å². The van der Waals surface area contributed by atoms with Crippen molar-refractivity contribution in [3.8, 4) is 22.4 Å². The molecular formula is C30H29N5O. The second-order valence-corrected chi connectivity index (χ2v) is 10.1. The first-order valence-corrected chi connectivity index (χ1v) is 12.9. The third-order valence-electron chi connectivity index (χ3n) is 7.76. The second kappa shape index (κ2) is 8.73. The van der Waals surface area contributed by atoms with Crippen molar-refractivity contribution in [3.63, 3.8) is 0 Å². The molecule has 2 saturated heterocycles. The number of nitrogens with one attached hydrogen (secondary N) is 4. The highest BCUT2D eigenvalue weighted by molar-refractivity contribution is 5.92. The lowest BCUT2D eigenvalue weighted by Gasteiger charge is -2.12. The molecule has 0 amide bonds. The lowest BCUT2D eigenvalue weighted by Crippen LogP contribution is -2.17. The summed E-state index contributed by atoms with van der Waals surface area (Å²) in [5.41, 5.74) is 6.30. The molecule has 0 bridgehead atoms. The number of hydrogen-bond acceptors (Lipinski definition) is 4. The first-order chi connectivity index (χ1) is 17.7. The number of hydrogen-bond donors (Lipinski definition) is 4. The third kappa shape index (κ3) is 3.83. The molecule has 36 heavy (non-hydrogen) atoms. The van der Waals surface area contributed by atoms with Gasteiger partial charge in [-0.2, -0.15) is 0 Å².